The van der Waals surface area contributed by atoms with Gasteiger partial charge in [0.15, 0.2) is 0 Å². The third-order valence-electron chi connectivity index (χ3n) is 2.26. The minimum absolute atomic E-state index is 0.251. The van der Waals surface area contributed by atoms with E-state index in [1.807, 2.05) is 6.92 Å². The molecule has 0 unspecified atom stereocenters. The average molecular weight is 271 g/mol. The fourth-order valence-corrected chi connectivity index (χ4v) is 2.71. The number of nitrogens with zero attached hydrogens (tertiary/aromatic N) is 1. The molecule has 2 rings (SSSR count). The number of hydrogen-bond acceptors (Lipinski definition) is 5. The third kappa shape index (κ3) is 2.08. The molecule has 6 heteroatoms. The molecule has 0 fully saturated rings. The molecule has 0 amide bonds. The molecule has 0 saturated heterocycles. The van der Waals surface area contributed by atoms with Crippen molar-refractivity contribution in [3.63, 3.8) is 0 Å². The molecule has 90 valence electrons. The van der Waals surface area contributed by atoms with E-state index in [0.717, 1.165) is 9.71 Å². The summed E-state index contributed by atoms with van der Waals surface area (Å²) >= 11 is 7.38. The van der Waals surface area contributed by atoms with Crippen molar-refractivity contribution < 1.29 is 9.53 Å². The van der Waals surface area contributed by atoms with Gasteiger partial charge in [0, 0.05) is 0 Å². The van der Waals surface area contributed by atoms with Crippen LogP contribution < -0.4 is 5.73 Å². The lowest BCUT2D eigenvalue weighted by molar-refractivity contribution is 0.0530. The van der Waals surface area contributed by atoms with Crippen LogP contribution in [-0.2, 0) is 4.74 Å². The first-order chi connectivity index (χ1) is 8.04. The average Bonchev–Trinajstić information content (AvgIpc) is 2.59. The molecule has 1 aromatic heterocycles. The van der Waals surface area contributed by atoms with Crippen molar-refractivity contribution in [2.24, 2.45) is 0 Å². The summed E-state index contributed by atoms with van der Waals surface area (Å²) < 4.78 is 5.71. The summed E-state index contributed by atoms with van der Waals surface area (Å²) in [6, 6.07) is 1.67. The van der Waals surface area contributed by atoms with E-state index in [2.05, 4.69) is 4.98 Å². The van der Waals surface area contributed by atoms with Gasteiger partial charge in [0.2, 0.25) is 0 Å². The Kier molecular flexibility index (Phi) is 3.22. The van der Waals surface area contributed by atoms with Crippen LogP contribution in [0.1, 0.15) is 22.3 Å². The lowest BCUT2D eigenvalue weighted by Crippen LogP contribution is -2.08. The van der Waals surface area contributed by atoms with E-state index < -0.39 is 5.97 Å². The topological polar surface area (TPSA) is 65.2 Å². The highest BCUT2D eigenvalue weighted by molar-refractivity contribution is 7.19. The molecule has 0 spiro atoms. The van der Waals surface area contributed by atoms with Crippen LogP contribution in [-0.4, -0.2) is 17.6 Å². The molecule has 0 bridgehead atoms. The number of carbonyl (C=O) groups excluding carboxylic acids is 1. The van der Waals surface area contributed by atoms with Crippen LogP contribution in [0.5, 0.6) is 0 Å². The Morgan fingerprint density at radius 3 is 3.00 bits per heavy atom. The number of hydrogen-bond donors (Lipinski definition) is 1. The zero-order valence-electron chi connectivity index (χ0n) is 9.41. The van der Waals surface area contributed by atoms with Crippen molar-refractivity contribution in [3.8, 4) is 0 Å². The lowest BCUT2D eigenvalue weighted by atomic mass is 10.1. The predicted octanol–water partition coefficient (Wildman–Crippen LogP) is 3.02. The number of nitrogen functional groups attached to an aromatic ring is 1. The van der Waals surface area contributed by atoms with Crippen LogP contribution >= 0.6 is 22.9 Å². The van der Waals surface area contributed by atoms with Gasteiger partial charge < -0.3 is 10.5 Å². The maximum atomic E-state index is 11.9. The van der Waals surface area contributed by atoms with E-state index in [1.165, 1.54) is 11.3 Å². The summed E-state index contributed by atoms with van der Waals surface area (Å²) in [4.78, 5) is 16.1. The summed E-state index contributed by atoms with van der Waals surface area (Å²) in [5.74, 6) is -0.457. The Morgan fingerprint density at radius 1 is 1.65 bits per heavy atom. The van der Waals surface area contributed by atoms with Gasteiger partial charge in [0.05, 0.1) is 32.5 Å². The van der Waals surface area contributed by atoms with Gasteiger partial charge in [-0.05, 0) is 19.9 Å². The first kappa shape index (κ1) is 12.1. The van der Waals surface area contributed by atoms with E-state index in [1.54, 1.807) is 13.0 Å². The van der Waals surface area contributed by atoms with Gasteiger partial charge in [-0.1, -0.05) is 11.6 Å². The first-order valence-corrected chi connectivity index (χ1v) is 6.26. The molecule has 0 atom stereocenters. The minimum atomic E-state index is -0.457. The summed E-state index contributed by atoms with van der Waals surface area (Å²) in [6.45, 7) is 3.90. The van der Waals surface area contributed by atoms with Crippen LogP contribution in [0.4, 0.5) is 5.69 Å². The molecule has 0 aliphatic carbocycles. The number of benzene rings is 1. The second kappa shape index (κ2) is 4.50. The summed E-state index contributed by atoms with van der Waals surface area (Å²) in [7, 11) is 0. The fraction of sp³-hybridized carbons (Fsp3) is 0.273. The lowest BCUT2D eigenvalue weighted by Gasteiger charge is -2.07. The maximum Gasteiger partial charge on any atom is 0.341 e. The van der Waals surface area contributed by atoms with E-state index in [4.69, 9.17) is 22.1 Å². The predicted molar refractivity (Wildman–Crippen MR) is 69.7 cm³/mol. The van der Waals surface area contributed by atoms with E-state index in [-0.39, 0.29) is 5.69 Å². The SMILES string of the molecule is CCOC(=O)c1c(N)c(Cl)cc2nc(C)sc12. The molecule has 17 heavy (non-hydrogen) atoms. The first-order valence-electron chi connectivity index (χ1n) is 5.06. The normalized spacial score (nSPS) is 10.8. The van der Waals surface area contributed by atoms with Gasteiger partial charge in [0.1, 0.15) is 5.56 Å². The number of nitrogens with two attached hydrogens (primary N) is 1. The highest BCUT2D eigenvalue weighted by Gasteiger charge is 2.20. The molecule has 1 heterocycles. The van der Waals surface area contributed by atoms with Crippen molar-refractivity contribution in [2.75, 3.05) is 12.3 Å². The van der Waals surface area contributed by atoms with Crippen LogP contribution in [0.15, 0.2) is 6.07 Å². The van der Waals surface area contributed by atoms with Crippen LogP contribution in [0.3, 0.4) is 0 Å². The summed E-state index contributed by atoms with van der Waals surface area (Å²) in [6.07, 6.45) is 0. The van der Waals surface area contributed by atoms with Crippen molar-refractivity contribution in [1.29, 1.82) is 0 Å². The largest absolute Gasteiger partial charge is 0.462 e. The Morgan fingerprint density at radius 2 is 2.35 bits per heavy atom. The van der Waals surface area contributed by atoms with Crippen LogP contribution in [0, 0.1) is 6.92 Å². The molecular weight excluding hydrogens is 260 g/mol. The van der Waals surface area contributed by atoms with E-state index in [9.17, 15) is 4.79 Å². The number of anilines is 1. The number of aryl methyl sites for hydroxylation is 1. The quantitative estimate of drug-likeness (QED) is 0.673. The maximum absolute atomic E-state index is 11.9. The number of aromatic nitrogens is 1. The van der Waals surface area contributed by atoms with Crippen molar-refractivity contribution in [2.45, 2.75) is 13.8 Å². The molecule has 0 radical (unpaired) electrons. The number of thiazole rings is 1. The number of fused-ring (bicyclic) bond motifs is 1. The Labute approximate surface area is 107 Å². The van der Waals surface area contributed by atoms with Crippen LogP contribution in [0.25, 0.3) is 10.2 Å². The number of halogens is 1. The Hall–Kier alpha value is -1.33. The molecule has 1 aromatic carbocycles. The smallest absolute Gasteiger partial charge is 0.341 e. The van der Waals surface area contributed by atoms with Gasteiger partial charge >= 0.3 is 5.97 Å². The van der Waals surface area contributed by atoms with Crippen molar-refractivity contribution >= 4 is 44.8 Å². The standard InChI is InChI=1S/C11H11ClN2O2S/c1-3-16-11(15)8-9(13)6(12)4-7-10(8)17-5(2)14-7/h4H,3,13H2,1-2H3. The van der Waals surface area contributed by atoms with Crippen molar-refractivity contribution in [1.82, 2.24) is 4.98 Å². The number of esters is 1. The highest BCUT2D eigenvalue weighted by Crippen LogP contribution is 2.35. The molecular formula is C11H11ClN2O2S. The van der Waals surface area contributed by atoms with Gasteiger partial charge in [-0.25, -0.2) is 9.78 Å². The monoisotopic (exact) mass is 270 g/mol. The van der Waals surface area contributed by atoms with Crippen molar-refractivity contribution in [3.05, 3.63) is 21.7 Å². The molecule has 4 nitrogen and oxygen atoms in total. The van der Waals surface area contributed by atoms with E-state index in [0.29, 0.717) is 22.7 Å². The Bertz CT molecular complexity index is 595. The molecule has 0 aliphatic rings. The number of carbonyl (C=O) groups is 1. The summed E-state index contributed by atoms with van der Waals surface area (Å²) in [5.41, 5.74) is 7.08. The van der Waals surface area contributed by atoms with Crippen LogP contribution in [0.2, 0.25) is 5.02 Å². The zero-order chi connectivity index (χ0) is 12.6. The number of rotatable bonds is 2. The second-order valence-electron chi connectivity index (χ2n) is 3.45. The summed E-state index contributed by atoms with van der Waals surface area (Å²) in [5, 5.41) is 1.18. The second-order valence-corrected chi connectivity index (χ2v) is 5.06. The fourth-order valence-electron chi connectivity index (χ4n) is 1.57. The zero-order valence-corrected chi connectivity index (χ0v) is 11.0. The van der Waals surface area contributed by atoms with Gasteiger partial charge in [-0.3, -0.25) is 0 Å². The minimum Gasteiger partial charge on any atom is -0.462 e. The van der Waals surface area contributed by atoms with Gasteiger partial charge in [-0.15, -0.1) is 11.3 Å². The molecule has 0 aliphatic heterocycles. The molecule has 2 aromatic rings. The molecule has 2 N–H and O–H groups in total. The third-order valence-corrected chi connectivity index (χ3v) is 3.57. The van der Waals surface area contributed by atoms with Gasteiger partial charge in [0.25, 0.3) is 0 Å². The van der Waals surface area contributed by atoms with E-state index >= 15 is 0 Å². The molecule has 0 saturated carbocycles. The Balaban J connectivity index is 2.73. The van der Waals surface area contributed by atoms with Gasteiger partial charge in [-0.2, -0.15) is 0 Å². The number of ether oxygens (including phenoxy) is 1. The highest BCUT2D eigenvalue weighted by atomic mass is 35.5.